The number of hydrogen-bond donors (Lipinski definition) is 3. The number of hydrogen-bond acceptors (Lipinski definition) is 4. The molecule has 7 heteroatoms. The van der Waals surface area contributed by atoms with E-state index in [9.17, 15) is 4.79 Å². The van der Waals surface area contributed by atoms with Crippen LogP contribution < -0.4 is 5.56 Å². The van der Waals surface area contributed by atoms with E-state index in [4.69, 9.17) is 12.2 Å². The van der Waals surface area contributed by atoms with Crippen molar-refractivity contribution >= 4 is 23.4 Å². The molecule has 0 aliphatic rings. The first-order chi connectivity index (χ1) is 8.24. The SMILES string of the molecule is O=c1[nH]c(=S)[nH]c2nc(-c3cccnc3)[nH]c12. The van der Waals surface area contributed by atoms with Crippen LogP contribution in [0.2, 0.25) is 0 Å². The van der Waals surface area contributed by atoms with Gasteiger partial charge in [0.2, 0.25) is 0 Å². The summed E-state index contributed by atoms with van der Waals surface area (Å²) in [6.45, 7) is 0. The van der Waals surface area contributed by atoms with E-state index in [1.807, 2.05) is 6.07 Å². The van der Waals surface area contributed by atoms with E-state index < -0.39 is 0 Å². The van der Waals surface area contributed by atoms with Gasteiger partial charge in [-0.15, -0.1) is 0 Å². The van der Waals surface area contributed by atoms with Gasteiger partial charge in [-0.1, -0.05) is 0 Å². The Morgan fingerprint density at radius 2 is 2.12 bits per heavy atom. The molecule has 0 radical (unpaired) electrons. The first kappa shape index (κ1) is 9.91. The first-order valence-electron chi connectivity index (χ1n) is 4.87. The van der Waals surface area contributed by atoms with Gasteiger partial charge >= 0.3 is 0 Å². The van der Waals surface area contributed by atoms with Crippen molar-refractivity contribution in [3.8, 4) is 11.4 Å². The molecule has 17 heavy (non-hydrogen) atoms. The second-order valence-electron chi connectivity index (χ2n) is 3.46. The van der Waals surface area contributed by atoms with Crippen LogP contribution in [0.15, 0.2) is 29.3 Å². The molecule has 0 bridgehead atoms. The van der Waals surface area contributed by atoms with E-state index in [-0.39, 0.29) is 10.3 Å². The van der Waals surface area contributed by atoms with Crippen molar-refractivity contribution in [3.63, 3.8) is 0 Å². The molecule has 3 N–H and O–H groups in total. The smallest absolute Gasteiger partial charge is 0.277 e. The molecular weight excluding hydrogens is 238 g/mol. The van der Waals surface area contributed by atoms with Gasteiger partial charge in [0.25, 0.3) is 5.56 Å². The zero-order valence-electron chi connectivity index (χ0n) is 8.52. The fraction of sp³-hybridized carbons (Fsp3) is 0. The molecule has 3 aromatic rings. The maximum atomic E-state index is 11.6. The maximum absolute atomic E-state index is 11.6. The summed E-state index contributed by atoms with van der Waals surface area (Å²) >= 11 is 4.88. The number of imidazole rings is 1. The van der Waals surface area contributed by atoms with Crippen LogP contribution in [0.4, 0.5) is 0 Å². The summed E-state index contributed by atoms with van der Waals surface area (Å²) in [4.78, 5) is 28.1. The average molecular weight is 245 g/mol. The summed E-state index contributed by atoms with van der Waals surface area (Å²) in [6.07, 6.45) is 3.34. The largest absolute Gasteiger partial charge is 0.332 e. The van der Waals surface area contributed by atoms with Crippen molar-refractivity contribution in [2.45, 2.75) is 0 Å². The Morgan fingerprint density at radius 3 is 2.88 bits per heavy atom. The van der Waals surface area contributed by atoms with Crippen molar-refractivity contribution in [1.82, 2.24) is 24.9 Å². The summed E-state index contributed by atoms with van der Waals surface area (Å²) in [5.41, 5.74) is 1.34. The van der Waals surface area contributed by atoms with Crippen molar-refractivity contribution in [2.75, 3.05) is 0 Å². The van der Waals surface area contributed by atoms with Crippen molar-refractivity contribution in [2.24, 2.45) is 0 Å². The summed E-state index contributed by atoms with van der Waals surface area (Å²) in [6, 6.07) is 3.66. The molecular formula is C10H7N5OS. The van der Waals surface area contributed by atoms with E-state index in [1.165, 1.54) is 0 Å². The fourth-order valence-corrected chi connectivity index (χ4v) is 1.76. The molecule has 3 rings (SSSR count). The zero-order valence-corrected chi connectivity index (χ0v) is 9.34. The molecule has 0 amide bonds. The number of pyridine rings is 1. The normalized spacial score (nSPS) is 10.8. The van der Waals surface area contributed by atoms with Crippen LogP contribution in [0, 0.1) is 4.77 Å². The van der Waals surface area contributed by atoms with Crippen LogP contribution in [0.3, 0.4) is 0 Å². The molecule has 0 aliphatic carbocycles. The van der Waals surface area contributed by atoms with Crippen LogP contribution in [-0.2, 0) is 0 Å². The monoisotopic (exact) mass is 245 g/mol. The third-order valence-corrected chi connectivity index (χ3v) is 2.53. The maximum Gasteiger partial charge on any atom is 0.277 e. The van der Waals surface area contributed by atoms with Gasteiger partial charge in [-0.05, 0) is 24.4 Å². The summed E-state index contributed by atoms with van der Waals surface area (Å²) in [5.74, 6) is 0.579. The average Bonchev–Trinajstić information content (AvgIpc) is 2.74. The van der Waals surface area contributed by atoms with Crippen molar-refractivity contribution in [3.05, 3.63) is 39.7 Å². The Hall–Kier alpha value is -2.28. The molecule has 0 unspecified atom stereocenters. The zero-order chi connectivity index (χ0) is 11.8. The van der Waals surface area contributed by atoms with E-state index >= 15 is 0 Å². The van der Waals surface area contributed by atoms with Gasteiger partial charge in [0.05, 0.1) is 0 Å². The summed E-state index contributed by atoms with van der Waals surface area (Å²) in [5, 5.41) is 0. The molecule has 0 spiro atoms. The highest BCUT2D eigenvalue weighted by Crippen LogP contribution is 2.15. The highest BCUT2D eigenvalue weighted by molar-refractivity contribution is 7.71. The van der Waals surface area contributed by atoms with Gasteiger partial charge in [0.1, 0.15) is 11.3 Å². The minimum atomic E-state index is -0.286. The van der Waals surface area contributed by atoms with E-state index in [0.717, 1.165) is 5.56 Å². The predicted octanol–water partition coefficient (Wildman–Crippen LogP) is 1.37. The molecule has 84 valence electrons. The third-order valence-electron chi connectivity index (χ3n) is 2.32. The lowest BCUT2D eigenvalue weighted by Crippen LogP contribution is -2.07. The number of rotatable bonds is 1. The van der Waals surface area contributed by atoms with Crippen LogP contribution in [0.25, 0.3) is 22.6 Å². The lowest BCUT2D eigenvalue weighted by atomic mass is 10.3. The molecule has 0 fully saturated rings. The summed E-state index contributed by atoms with van der Waals surface area (Å²) in [7, 11) is 0. The van der Waals surface area contributed by atoms with Crippen molar-refractivity contribution in [1.29, 1.82) is 0 Å². The van der Waals surface area contributed by atoms with Crippen LogP contribution in [0.1, 0.15) is 0 Å². The Bertz CT molecular complexity index is 786. The highest BCUT2D eigenvalue weighted by atomic mass is 32.1. The Kier molecular flexibility index (Phi) is 2.12. The molecule has 3 aromatic heterocycles. The predicted molar refractivity (Wildman–Crippen MR) is 65.1 cm³/mol. The molecule has 0 saturated heterocycles. The number of aromatic amines is 3. The fourth-order valence-electron chi connectivity index (χ4n) is 1.57. The third kappa shape index (κ3) is 1.66. The first-order valence-corrected chi connectivity index (χ1v) is 5.27. The van der Waals surface area contributed by atoms with Crippen molar-refractivity contribution < 1.29 is 0 Å². The number of H-pyrrole nitrogens is 3. The van der Waals surface area contributed by atoms with Crippen LogP contribution >= 0.6 is 12.2 Å². The Morgan fingerprint density at radius 1 is 1.24 bits per heavy atom. The van der Waals surface area contributed by atoms with E-state index in [1.54, 1.807) is 18.5 Å². The molecule has 6 nitrogen and oxygen atoms in total. The van der Waals surface area contributed by atoms with Gasteiger partial charge in [-0.25, -0.2) is 4.98 Å². The van der Waals surface area contributed by atoms with Gasteiger partial charge in [0, 0.05) is 18.0 Å². The highest BCUT2D eigenvalue weighted by Gasteiger charge is 2.08. The molecule has 0 aromatic carbocycles. The minimum Gasteiger partial charge on any atom is -0.332 e. The van der Waals surface area contributed by atoms with Gasteiger partial charge in [0.15, 0.2) is 10.4 Å². The second-order valence-corrected chi connectivity index (χ2v) is 3.87. The topological polar surface area (TPSA) is 90.2 Å². The Balaban J connectivity index is 2.31. The lowest BCUT2D eigenvalue weighted by Gasteiger charge is -1.92. The molecule has 0 atom stereocenters. The number of fused-ring (bicyclic) bond motifs is 1. The lowest BCUT2D eigenvalue weighted by molar-refractivity contribution is 1.12. The number of nitrogens with zero attached hydrogens (tertiary/aromatic N) is 2. The minimum absolute atomic E-state index is 0.256. The van der Waals surface area contributed by atoms with Gasteiger partial charge in [-0.2, -0.15) is 0 Å². The van der Waals surface area contributed by atoms with Crippen LogP contribution in [-0.4, -0.2) is 24.9 Å². The van der Waals surface area contributed by atoms with E-state index in [2.05, 4.69) is 24.9 Å². The van der Waals surface area contributed by atoms with Gasteiger partial charge < -0.3 is 9.97 Å². The summed E-state index contributed by atoms with van der Waals surface area (Å²) < 4.78 is 0.256. The number of aromatic nitrogens is 5. The van der Waals surface area contributed by atoms with E-state index in [0.29, 0.717) is 17.0 Å². The standard InChI is InChI=1S/C10H7N5OS/c16-9-6-8(14-10(17)15-9)13-7(12-6)5-2-1-3-11-4-5/h1-4H,(H3,12,13,14,15,16,17). The molecule has 3 heterocycles. The second kappa shape index (κ2) is 3.63. The molecule has 0 aliphatic heterocycles. The van der Waals surface area contributed by atoms with Gasteiger partial charge in [-0.3, -0.25) is 14.8 Å². The Labute approximate surface area is 99.8 Å². The quantitative estimate of drug-likeness (QED) is 0.565. The van der Waals surface area contributed by atoms with Crippen LogP contribution in [0.5, 0.6) is 0 Å². The number of nitrogens with one attached hydrogen (secondary N) is 3. The molecule has 0 saturated carbocycles.